The molecule has 0 amide bonds. The van der Waals surface area contributed by atoms with Crippen LogP contribution in [0.4, 0.5) is 5.69 Å². The number of aromatic nitrogens is 1. The Hall–Kier alpha value is -3.29. The third-order valence-corrected chi connectivity index (χ3v) is 10.1. The zero-order valence-electron chi connectivity index (χ0n) is 20.3. The molecule has 0 saturated carbocycles. The lowest BCUT2D eigenvalue weighted by molar-refractivity contribution is 0.571. The normalized spacial score (nSPS) is 13.6. The third kappa shape index (κ3) is 3.85. The average Bonchev–Trinajstić information content (AvgIpc) is 3.17. The maximum atomic E-state index is 6.99. The Morgan fingerprint density at radius 1 is 0.735 bits per heavy atom. The SMILES string of the molecule is CCn1c2ccccc2c2cc([P@](=Nc3ccccc3)(Oc3ccccc3)C(C)(C)C)ccc21. The highest BCUT2D eigenvalue weighted by molar-refractivity contribution is 7.71. The van der Waals surface area contributed by atoms with Crippen molar-refractivity contribution in [1.82, 2.24) is 4.57 Å². The number of para-hydroxylation sites is 2. The van der Waals surface area contributed by atoms with Crippen LogP contribution >= 0.6 is 7.28 Å². The molecule has 172 valence electrons. The maximum Gasteiger partial charge on any atom is 0.173 e. The summed E-state index contributed by atoms with van der Waals surface area (Å²) in [6.45, 7) is 9.87. The molecule has 0 spiro atoms. The van der Waals surface area contributed by atoms with E-state index in [2.05, 4.69) is 86.9 Å². The number of rotatable bonds is 5. The Morgan fingerprint density at radius 3 is 2.03 bits per heavy atom. The smallest absolute Gasteiger partial charge is 0.173 e. The molecule has 0 unspecified atom stereocenters. The second-order valence-corrected chi connectivity index (χ2v) is 12.9. The number of benzene rings is 4. The van der Waals surface area contributed by atoms with Gasteiger partial charge in [0.2, 0.25) is 0 Å². The first-order chi connectivity index (χ1) is 16.4. The molecule has 1 atom stereocenters. The lowest BCUT2D eigenvalue weighted by Crippen LogP contribution is -2.27. The van der Waals surface area contributed by atoms with Gasteiger partial charge in [0.25, 0.3) is 0 Å². The summed E-state index contributed by atoms with van der Waals surface area (Å²) in [6, 6.07) is 35.8. The van der Waals surface area contributed by atoms with Crippen molar-refractivity contribution in [2.24, 2.45) is 4.74 Å². The minimum absolute atomic E-state index is 0.227. The van der Waals surface area contributed by atoms with Gasteiger partial charge in [0.15, 0.2) is 7.28 Å². The van der Waals surface area contributed by atoms with Crippen molar-refractivity contribution in [2.45, 2.75) is 39.4 Å². The third-order valence-electron chi connectivity index (χ3n) is 6.32. The van der Waals surface area contributed by atoms with Gasteiger partial charge in [-0.05, 0) is 55.5 Å². The highest BCUT2D eigenvalue weighted by Crippen LogP contribution is 2.62. The minimum atomic E-state index is -2.54. The molecule has 1 aromatic heterocycles. The average molecular weight is 467 g/mol. The van der Waals surface area contributed by atoms with Crippen LogP contribution in [0.5, 0.6) is 5.75 Å². The summed E-state index contributed by atoms with van der Waals surface area (Å²) in [4.78, 5) is 0. The van der Waals surface area contributed by atoms with E-state index in [-0.39, 0.29) is 5.16 Å². The van der Waals surface area contributed by atoms with Crippen LogP contribution in [0.1, 0.15) is 27.7 Å². The van der Waals surface area contributed by atoms with Crippen LogP contribution in [0, 0.1) is 0 Å². The van der Waals surface area contributed by atoms with E-state index in [9.17, 15) is 0 Å². The van der Waals surface area contributed by atoms with Gasteiger partial charge in [-0.15, -0.1) is 0 Å². The summed E-state index contributed by atoms with van der Waals surface area (Å²) < 4.78 is 14.8. The van der Waals surface area contributed by atoms with Crippen LogP contribution in [0.2, 0.25) is 0 Å². The first kappa shape index (κ1) is 22.5. The molecule has 1 heterocycles. The monoisotopic (exact) mass is 466 g/mol. The second-order valence-electron chi connectivity index (χ2n) is 9.55. The summed E-state index contributed by atoms with van der Waals surface area (Å²) in [5.41, 5.74) is 3.46. The van der Waals surface area contributed by atoms with Crippen LogP contribution in [0.25, 0.3) is 21.8 Å². The predicted molar refractivity (Wildman–Crippen MR) is 147 cm³/mol. The van der Waals surface area contributed by atoms with Crippen LogP contribution in [-0.4, -0.2) is 9.72 Å². The van der Waals surface area contributed by atoms with Crippen LogP contribution in [0.3, 0.4) is 0 Å². The molecule has 0 fully saturated rings. The van der Waals surface area contributed by atoms with E-state index in [4.69, 9.17) is 9.27 Å². The lowest BCUT2D eigenvalue weighted by atomic mass is 10.1. The number of fused-ring (bicyclic) bond motifs is 3. The van der Waals surface area contributed by atoms with Crippen LogP contribution in [-0.2, 0) is 6.54 Å². The highest BCUT2D eigenvalue weighted by atomic mass is 31.2. The van der Waals surface area contributed by atoms with E-state index < -0.39 is 7.28 Å². The highest BCUT2D eigenvalue weighted by Gasteiger charge is 2.39. The Labute approximate surface area is 202 Å². The maximum absolute atomic E-state index is 6.99. The summed E-state index contributed by atoms with van der Waals surface area (Å²) in [7, 11) is -2.54. The molecule has 3 nitrogen and oxygen atoms in total. The van der Waals surface area contributed by atoms with Crippen molar-refractivity contribution in [3.63, 3.8) is 0 Å². The van der Waals surface area contributed by atoms with Gasteiger partial charge in [-0.1, -0.05) is 75.4 Å². The van der Waals surface area contributed by atoms with Crippen molar-refractivity contribution < 1.29 is 4.52 Å². The standard InChI is InChI=1S/C30H31N2OP/c1-5-32-28-19-13-12-18-26(28)27-22-25(20-21-29(27)32)34(30(2,3)4,31-23-14-8-6-9-15-23)33-24-16-10-7-11-17-24/h6-22H,5H2,1-4H3/t34-/m0/s1. The van der Waals surface area contributed by atoms with Crippen LogP contribution < -0.4 is 9.83 Å². The molecule has 4 heteroatoms. The molecular weight excluding hydrogens is 435 g/mol. The fourth-order valence-electron chi connectivity index (χ4n) is 4.67. The summed E-state index contributed by atoms with van der Waals surface area (Å²) in [6.07, 6.45) is 0. The molecule has 0 saturated heterocycles. The van der Waals surface area contributed by atoms with Gasteiger partial charge in [0.05, 0.1) is 5.69 Å². The molecule has 0 radical (unpaired) electrons. The second kappa shape index (κ2) is 8.81. The fourth-order valence-corrected chi connectivity index (χ4v) is 7.74. The first-order valence-corrected chi connectivity index (χ1v) is 13.5. The summed E-state index contributed by atoms with van der Waals surface area (Å²) in [5.74, 6) is 0.849. The number of aryl methyl sites for hydroxylation is 1. The number of nitrogens with zero attached hydrogens (tertiary/aromatic N) is 2. The molecule has 0 bridgehead atoms. The topological polar surface area (TPSA) is 26.5 Å². The van der Waals surface area contributed by atoms with E-state index in [1.165, 1.54) is 21.8 Å². The molecule has 4 aromatic carbocycles. The molecule has 0 aliphatic heterocycles. The van der Waals surface area contributed by atoms with Crippen molar-refractivity contribution >= 4 is 40.1 Å². The summed E-state index contributed by atoms with van der Waals surface area (Å²) in [5, 5.41) is 3.45. The van der Waals surface area contributed by atoms with E-state index in [0.29, 0.717) is 0 Å². The Balaban J connectivity index is 1.84. The Morgan fingerprint density at radius 2 is 1.35 bits per heavy atom. The van der Waals surface area contributed by atoms with Crippen molar-refractivity contribution in [1.29, 1.82) is 0 Å². The van der Waals surface area contributed by atoms with Gasteiger partial charge in [0.1, 0.15) is 5.75 Å². The number of hydrogen-bond acceptors (Lipinski definition) is 2. The molecular formula is C30H31N2OP. The van der Waals surface area contributed by atoms with E-state index in [1.807, 2.05) is 48.5 Å². The fraction of sp³-hybridized carbons (Fsp3) is 0.200. The zero-order valence-corrected chi connectivity index (χ0v) is 21.2. The van der Waals surface area contributed by atoms with Crippen LogP contribution in [0.15, 0.2) is 108 Å². The molecule has 0 N–H and O–H groups in total. The number of hydrogen-bond donors (Lipinski definition) is 0. The van der Waals surface area contributed by atoms with Gasteiger partial charge in [0, 0.05) is 38.8 Å². The van der Waals surface area contributed by atoms with Gasteiger partial charge in [-0.25, -0.2) is 4.74 Å². The minimum Gasteiger partial charge on any atom is -0.455 e. The summed E-state index contributed by atoms with van der Waals surface area (Å²) >= 11 is 0. The van der Waals surface area contributed by atoms with Gasteiger partial charge in [-0.3, -0.25) is 0 Å². The van der Waals surface area contributed by atoms with Gasteiger partial charge < -0.3 is 9.09 Å². The van der Waals surface area contributed by atoms with Gasteiger partial charge >= 0.3 is 0 Å². The molecule has 5 rings (SSSR count). The zero-order chi connectivity index (χ0) is 23.8. The van der Waals surface area contributed by atoms with Crippen molar-refractivity contribution in [3.8, 4) is 5.75 Å². The van der Waals surface area contributed by atoms with Gasteiger partial charge in [-0.2, -0.15) is 0 Å². The predicted octanol–water partition coefficient (Wildman–Crippen LogP) is 8.77. The van der Waals surface area contributed by atoms with E-state index in [1.54, 1.807) is 0 Å². The van der Waals surface area contributed by atoms with E-state index in [0.717, 1.165) is 23.3 Å². The Kier molecular flexibility index (Phi) is 5.83. The lowest BCUT2D eigenvalue weighted by Gasteiger charge is -2.37. The largest absolute Gasteiger partial charge is 0.455 e. The molecule has 0 aliphatic carbocycles. The quantitative estimate of drug-likeness (QED) is 0.238. The molecule has 0 aliphatic rings. The first-order valence-electron chi connectivity index (χ1n) is 11.9. The molecule has 5 aromatic rings. The Bertz CT molecular complexity index is 1500. The van der Waals surface area contributed by atoms with E-state index >= 15 is 0 Å². The van der Waals surface area contributed by atoms with Crippen molar-refractivity contribution in [2.75, 3.05) is 0 Å². The molecule has 34 heavy (non-hydrogen) atoms. The van der Waals surface area contributed by atoms with Crippen molar-refractivity contribution in [3.05, 3.63) is 103 Å².